The number of benzene rings is 2. The van der Waals surface area contributed by atoms with Gasteiger partial charge in [0.1, 0.15) is 5.75 Å². The zero-order chi connectivity index (χ0) is 17.3. The van der Waals surface area contributed by atoms with Gasteiger partial charge in [-0.3, -0.25) is 4.79 Å². The predicted octanol–water partition coefficient (Wildman–Crippen LogP) is 3.36. The summed E-state index contributed by atoms with van der Waals surface area (Å²) in [5.41, 5.74) is 3.29. The van der Waals surface area contributed by atoms with Gasteiger partial charge in [-0.25, -0.2) is 4.79 Å². The summed E-state index contributed by atoms with van der Waals surface area (Å²) in [4.78, 5) is 25.7. The highest BCUT2D eigenvalue weighted by atomic mass is 16.5. The minimum Gasteiger partial charge on any atom is -0.479 e. The number of hydrogen-bond acceptors (Lipinski definition) is 3. The van der Waals surface area contributed by atoms with E-state index in [4.69, 9.17) is 9.84 Å². The maximum atomic E-state index is 12.0. The monoisotopic (exact) mass is 323 g/mol. The number of carboxylic acid groups (broad SMARTS) is 1. The zero-order valence-electron chi connectivity index (χ0n) is 13.4. The van der Waals surface area contributed by atoms with Gasteiger partial charge in [-0.05, 0) is 42.7 Å². The van der Waals surface area contributed by atoms with Crippen LogP contribution in [0.3, 0.4) is 0 Å². The predicted molar refractivity (Wildman–Crippen MR) is 92.5 cm³/mol. The van der Waals surface area contributed by atoms with E-state index in [0.717, 1.165) is 22.1 Å². The Morgan fingerprint density at radius 2 is 1.88 bits per heavy atom. The zero-order valence-corrected chi connectivity index (χ0v) is 13.4. The fraction of sp³-hybridized carbons (Fsp3) is 0.158. The molecule has 122 valence electrons. The fourth-order valence-electron chi connectivity index (χ4n) is 2.67. The maximum Gasteiger partial charge on any atom is 0.344 e. The van der Waals surface area contributed by atoms with E-state index in [2.05, 4.69) is 4.98 Å². The molecule has 0 spiro atoms. The molecular formula is C19H17NO4. The highest BCUT2D eigenvalue weighted by molar-refractivity contribution is 5.95. The number of aliphatic carboxylic acids is 1. The Hall–Kier alpha value is -3.08. The third-order valence-corrected chi connectivity index (χ3v) is 3.91. The van der Waals surface area contributed by atoms with Crippen molar-refractivity contribution in [3.05, 3.63) is 64.4 Å². The largest absolute Gasteiger partial charge is 0.479 e. The lowest BCUT2D eigenvalue weighted by Crippen LogP contribution is -2.22. The Morgan fingerprint density at radius 1 is 1.12 bits per heavy atom. The van der Waals surface area contributed by atoms with Crippen molar-refractivity contribution in [2.24, 2.45) is 0 Å². The quantitative estimate of drug-likeness (QED) is 0.771. The first kappa shape index (κ1) is 15.8. The van der Waals surface area contributed by atoms with Crippen LogP contribution in [-0.2, 0) is 4.79 Å². The van der Waals surface area contributed by atoms with Gasteiger partial charge in [0, 0.05) is 17.5 Å². The molecule has 0 amide bonds. The van der Waals surface area contributed by atoms with Crippen LogP contribution in [0.2, 0.25) is 0 Å². The van der Waals surface area contributed by atoms with Crippen LogP contribution in [-0.4, -0.2) is 22.2 Å². The SMILES string of the molecule is Cc1ccccc1-c1cc(=O)[nH]c2cc(OC(C)C(=O)O)ccc12. The average molecular weight is 323 g/mol. The number of fused-ring (bicyclic) bond motifs is 1. The summed E-state index contributed by atoms with van der Waals surface area (Å²) in [6.45, 7) is 3.45. The van der Waals surface area contributed by atoms with Gasteiger partial charge >= 0.3 is 5.97 Å². The maximum absolute atomic E-state index is 12.0. The second-order valence-electron chi connectivity index (χ2n) is 5.67. The standard InChI is InChI=1S/C19H17NO4/c1-11-5-3-4-6-14(11)16-10-18(21)20-17-9-13(7-8-15(16)17)24-12(2)19(22)23/h3-10,12H,1-2H3,(H,20,21)(H,22,23). The van der Waals surface area contributed by atoms with Crippen LogP contribution in [0.4, 0.5) is 0 Å². The van der Waals surface area contributed by atoms with Gasteiger partial charge in [0.05, 0.1) is 5.52 Å². The van der Waals surface area contributed by atoms with Crippen molar-refractivity contribution >= 4 is 16.9 Å². The van der Waals surface area contributed by atoms with Crippen molar-refractivity contribution in [1.82, 2.24) is 4.98 Å². The minimum absolute atomic E-state index is 0.218. The molecule has 2 aromatic carbocycles. The number of rotatable bonds is 4. The number of hydrogen-bond donors (Lipinski definition) is 2. The highest BCUT2D eigenvalue weighted by Gasteiger charge is 2.14. The van der Waals surface area contributed by atoms with Crippen LogP contribution in [0.5, 0.6) is 5.75 Å². The van der Waals surface area contributed by atoms with Crippen molar-refractivity contribution in [1.29, 1.82) is 0 Å². The molecule has 1 atom stereocenters. The number of aromatic nitrogens is 1. The van der Waals surface area contributed by atoms with Crippen LogP contribution in [0, 0.1) is 6.92 Å². The lowest BCUT2D eigenvalue weighted by Gasteiger charge is -2.13. The van der Waals surface area contributed by atoms with Crippen LogP contribution in [0.25, 0.3) is 22.0 Å². The molecule has 3 rings (SSSR count). The van der Waals surface area contributed by atoms with E-state index in [0.29, 0.717) is 11.3 Å². The van der Waals surface area contributed by atoms with E-state index in [1.54, 1.807) is 18.2 Å². The molecule has 0 fully saturated rings. The minimum atomic E-state index is -1.04. The van der Waals surface area contributed by atoms with Crippen molar-refractivity contribution < 1.29 is 14.6 Å². The number of aromatic amines is 1. The Bertz CT molecular complexity index is 975. The molecule has 5 heteroatoms. The summed E-state index contributed by atoms with van der Waals surface area (Å²) in [7, 11) is 0. The molecule has 0 radical (unpaired) electrons. The lowest BCUT2D eigenvalue weighted by atomic mass is 9.97. The van der Waals surface area contributed by atoms with E-state index < -0.39 is 12.1 Å². The Kier molecular flexibility index (Phi) is 4.08. The van der Waals surface area contributed by atoms with E-state index in [1.165, 1.54) is 6.92 Å². The molecule has 0 saturated carbocycles. The lowest BCUT2D eigenvalue weighted by molar-refractivity contribution is -0.144. The molecule has 5 nitrogen and oxygen atoms in total. The van der Waals surface area contributed by atoms with Gasteiger partial charge in [0.25, 0.3) is 0 Å². The topological polar surface area (TPSA) is 79.4 Å². The summed E-state index contributed by atoms with van der Waals surface area (Å²) >= 11 is 0. The molecule has 2 N–H and O–H groups in total. The van der Waals surface area contributed by atoms with E-state index >= 15 is 0 Å². The number of ether oxygens (including phenoxy) is 1. The number of carbonyl (C=O) groups is 1. The van der Waals surface area contributed by atoms with Crippen LogP contribution >= 0.6 is 0 Å². The van der Waals surface area contributed by atoms with E-state index in [1.807, 2.05) is 37.3 Å². The van der Waals surface area contributed by atoms with Crippen LogP contribution < -0.4 is 10.3 Å². The van der Waals surface area contributed by atoms with Gasteiger partial charge < -0.3 is 14.8 Å². The Morgan fingerprint density at radius 3 is 2.58 bits per heavy atom. The summed E-state index contributed by atoms with van der Waals surface area (Å²) in [5, 5.41) is 9.82. The molecule has 0 bridgehead atoms. The summed E-state index contributed by atoms with van der Waals surface area (Å²) < 4.78 is 5.37. The molecule has 24 heavy (non-hydrogen) atoms. The molecule has 0 aliphatic carbocycles. The van der Waals surface area contributed by atoms with Crippen molar-refractivity contribution in [2.75, 3.05) is 0 Å². The number of pyridine rings is 1. The van der Waals surface area contributed by atoms with Gasteiger partial charge in [0.15, 0.2) is 6.10 Å². The van der Waals surface area contributed by atoms with E-state index in [9.17, 15) is 9.59 Å². The Balaban J connectivity index is 2.14. The van der Waals surface area contributed by atoms with Crippen LogP contribution in [0.15, 0.2) is 53.3 Å². The molecule has 0 aliphatic heterocycles. The fourth-order valence-corrected chi connectivity index (χ4v) is 2.67. The molecular weight excluding hydrogens is 306 g/mol. The van der Waals surface area contributed by atoms with Crippen molar-refractivity contribution in [3.63, 3.8) is 0 Å². The smallest absolute Gasteiger partial charge is 0.344 e. The average Bonchev–Trinajstić information content (AvgIpc) is 2.54. The van der Waals surface area contributed by atoms with Crippen LogP contribution in [0.1, 0.15) is 12.5 Å². The van der Waals surface area contributed by atoms with Crippen molar-refractivity contribution in [3.8, 4) is 16.9 Å². The molecule has 1 unspecified atom stereocenters. The molecule has 1 aromatic heterocycles. The summed E-state index contributed by atoms with van der Waals surface area (Å²) in [6, 6.07) is 14.6. The van der Waals surface area contributed by atoms with Gasteiger partial charge in [0.2, 0.25) is 5.56 Å². The first-order chi connectivity index (χ1) is 11.5. The third kappa shape index (κ3) is 3.01. The van der Waals surface area contributed by atoms with Gasteiger partial charge in [-0.1, -0.05) is 24.3 Å². The van der Waals surface area contributed by atoms with Gasteiger partial charge in [-0.2, -0.15) is 0 Å². The normalized spacial score (nSPS) is 12.1. The first-order valence-corrected chi connectivity index (χ1v) is 7.58. The molecule has 3 aromatic rings. The van der Waals surface area contributed by atoms with E-state index in [-0.39, 0.29) is 5.56 Å². The number of nitrogens with one attached hydrogen (secondary N) is 1. The van der Waals surface area contributed by atoms with Gasteiger partial charge in [-0.15, -0.1) is 0 Å². The number of aryl methyl sites for hydroxylation is 1. The van der Waals surface area contributed by atoms with Crippen molar-refractivity contribution in [2.45, 2.75) is 20.0 Å². The second kappa shape index (κ2) is 6.20. The summed E-state index contributed by atoms with van der Waals surface area (Å²) in [5.74, 6) is -0.646. The first-order valence-electron chi connectivity index (χ1n) is 7.58. The summed E-state index contributed by atoms with van der Waals surface area (Å²) in [6.07, 6.45) is -0.964. The number of carboxylic acids is 1. The highest BCUT2D eigenvalue weighted by Crippen LogP contribution is 2.30. The Labute approximate surface area is 138 Å². The molecule has 1 heterocycles. The third-order valence-electron chi connectivity index (χ3n) is 3.91. The molecule has 0 aliphatic rings. The second-order valence-corrected chi connectivity index (χ2v) is 5.67. The molecule has 0 saturated heterocycles. The number of H-pyrrole nitrogens is 1.